The number of fused-ring (bicyclic) bond motifs is 1. The minimum absolute atomic E-state index is 0.0308. The van der Waals surface area contributed by atoms with Gasteiger partial charge < -0.3 is 0 Å². The largest absolute Gasteiger partial charge is 0.351 e. The zero-order valence-corrected chi connectivity index (χ0v) is 12.9. The summed E-state index contributed by atoms with van der Waals surface area (Å²) in [5.41, 5.74) is 1.19. The highest BCUT2D eigenvalue weighted by molar-refractivity contribution is 5.41. The summed E-state index contributed by atoms with van der Waals surface area (Å²) in [4.78, 5) is 24.7. The fraction of sp³-hybridized carbons (Fsp3) is 0.235. The van der Waals surface area contributed by atoms with Crippen molar-refractivity contribution in [2.45, 2.75) is 26.3 Å². The molecule has 0 aliphatic heterocycles. The van der Waals surface area contributed by atoms with Crippen molar-refractivity contribution in [3.05, 3.63) is 63.1 Å². The summed E-state index contributed by atoms with van der Waals surface area (Å²) < 4.78 is 3.77. The number of aromatic nitrogens is 4. The summed E-state index contributed by atoms with van der Waals surface area (Å²) in [6.07, 6.45) is 8.29. The fourth-order valence-corrected chi connectivity index (χ4v) is 2.42. The van der Waals surface area contributed by atoms with Crippen LogP contribution in [-0.2, 0) is 6.54 Å². The van der Waals surface area contributed by atoms with E-state index in [9.17, 15) is 9.59 Å². The van der Waals surface area contributed by atoms with E-state index in [4.69, 9.17) is 6.42 Å². The molecule has 116 valence electrons. The Hall–Kier alpha value is -3.07. The zero-order valence-electron chi connectivity index (χ0n) is 12.9. The lowest BCUT2D eigenvalue weighted by Gasteiger charge is -2.08. The predicted octanol–water partition coefficient (Wildman–Crippen LogP) is 1.40. The minimum Gasteiger partial charge on any atom is -0.280 e. The van der Waals surface area contributed by atoms with Gasteiger partial charge in [-0.05, 0) is 23.6 Å². The molecular formula is C17H16N4O2. The first-order valence-electron chi connectivity index (χ1n) is 7.27. The van der Waals surface area contributed by atoms with Gasteiger partial charge in [0, 0.05) is 18.1 Å². The summed E-state index contributed by atoms with van der Waals surface area (Å²) in [5.74, 6) is 2.76. The van der Waals surface area contributed by atoms with Crippen molar-refractivity contribution < 1.29 is 0 Å². The Morgan fingerprint density at radius 2 is 1.87 bits per heavy atom. The van der Waals surface area contributed by atoms with Gasteiger partial charge in [-0.2, -0.15) is 0 Å². The Kier molecular flexibility index (Phi) is 3.62. The van der Waals surface area contributed by atoms with Crippen molar-refractivity contribution in [2.75, 3.05) is 0 Å². The molecule has 6 heteroatoms. The van der Waals surface area contributed by atoms with Gasteiger partial charge in [0.15, 0.2) is 0 Å². The van der Waals surface area contributed by atoms with Crippen LogP contribution in [0.15, 0.2) is 46.2 Å². The van der Waals surface area contributed by atoms with Gasteiger partial charge >= 0.3 is 11.2 Å². The molecule has 0 atom stereocenters. The Labute approximate surface area is 132 Å². The second kappa shape index (κ2) is 5.61. The Bertz CT molecular complexity index is 1010. The molecule has 0 unspecified atom stereocenters. The second-order valence-electron chi connectivity index (χ2n) is 5.56. The van der Waals surface area contributed by atoms with Crippen LogP contribution in [-0.4, -0.2) is 18.7 Å². The number of benzene rings is 1. The van der Waals surface area contributed by atoms with Crippen LogP contribution in [0.1, 0.15) is 25.3 Å². The summed E-state index contributed by atoms with van der Waals surface area (Å²) in [7, 11) is 0. The van der Waals surface area contributed by atoms with Gasteiger partial charge in [-0.25, -0.2) is 13.9 Å². The van der Waals surface area contributed by atoms with Crippen molar-refractivity contribution in [1.82, 2.24) is 18.7 Å². The fourth-order valence-electron chi connectivity index (χ4n) is 2.42. The summed E-state index contributed by atoms with van der Waals surface area (Å²) >= 11 is 0. The van der Waals surface area contributed by atoms with E-state index in [0.29, 0.717) is 5.92 Å². The zero-order chi connectivity index (χ0) is 16.6. The van der Waals surface area contributed by atoms with Crippen LogP contribution in [0.2, 0.25) is 0 Å². The molecule has 0 amide bonds. The minimum atomic E-state index is -0.419. The van der Waals surface area contributed by atoms with Gasteiger partial charge in [-0.15, -0.1) is 11.5 Å². The van der Waals surface area contributed by atoms with Gasteiger partial charge in [-0.3, -0.25) is 9.36 Å². The molecule has 0 saturated carbocycles. The molecule has 3 rings (SSSR count). The van der Waals surface area contributed by atoms with Crippen molar-refractivity contribution in [3.8, 4) is 18.0 Å². The van der Waals surface area contributed by atoms with E-state index in [1.165, 1.54) is 20.7 Å². The molecule has 23 heavy (non-hydrogen) atoms. The molecular weight excluding hydrogens is 292 g/mol. The third-order valence-corrected chi connectivity index (χ3v) is 3.72. The molecule has 2 heterocycles. The van der Waals surface area contributed by atoms with E-state index in [1.807, 2.05) is 24.3 Å². The summed E-state index contributed by atoms with van der Waals surface area (Å²) in [6.45, 7) is 4.25. The molecule has 0 saturated heterocycles. The third-order valence-electron chi connectivity index (χ3n) is 3.72. The van der Waals surface area contributed by atoms with Crippen LogP contribution in [0, 0.1) is 12.3 Å². The van der Waals surface area contributed by atoms with E-state index in [1.54, 1.807) is 6.20 Å². The maximum absolute atomic E-state index is 12.6. The van der Waals surface area contributed by atoms with Crippen LogP contribution >= 0.6 is 0 Å². The monoisotopic (exact) mass is 308 g/mol. The molecule has 0 spiro atoms. The van der Waals surface area contributed by atoms with Crippen LogP contribution in [0.4, 0.5) is 0 Å². The van der Waals surface area contributed by atoms with Gasteiger partial charge in [0.25, 0.3) is 0 Å². The maximum atomic E-state index is 12.6. The molecule has 6 nitrogen and oxygen atoms in total. The van der Waals surface area contributed by atoms with Crippen molar-refractivity contribution in [1.29, 1.82) is 0 Å². The third kappa shape index (κ3) is 2.46. The second-order valence-corrected chi connectivity index (χ2v) is 5.56. The average molecular weight is 308 g/mol. The number of terminal acetylenes is 1. The molecule has 0 N–H and O–H groups in total. The summed E-state index contributed by atoms with van der Waals surface area (Å²) in [6, 6.07) is 7.73. The Morgan fingerprint density at radius 3 is 2.48 bits per heavy atom. The lowest BCUT2D eigenvalue weighted by atomic mass is 10.0. The van der Waals surface area contributed by atoms with Gasteiger partial charge in [0.1, 0.15) is 6.54 Å². The molecule has 1 aromatic carbocycles. The smallest absolute Gasteiger partial charge is 0.280 e. The van der Waals surface area contributed by atoms with E-state index in [-0.39, 0.29) is 17.8 Å². The highest BCUT2D eigenvalue weighted by atomic mass is 16.2. The van der Waals surface area contributed by atoms with E-state index < -0.39 is 5.69 Å². The standard InChI is InChI=1S/C17H16N4O2/c1-4-9-21-17(23)20-11-10-19(16(22)15(20)18-21)14-7-5-13(6-8-14)12(2)3/h1,5-8,10-12H,9H2,2-3H3. The van der Waals surface area contributed by atoms with Crippen LogP contribution in [0.5, 0.6) is 0 Å². The van der Waals surface area contributed by atoms with Gasteiger partial charge in [0.05, 0.1) is 0 Å². The van der Waals surface area contributed by atoms with Crippen LogP contribution in [0.3, 0.4) is 0 Å². The molecule has 0 fully saturated rings. The van der Waals surface area contributed by atoms with Crippen LogP contribution in [0.25, 0.3) is 11.3 Å². The van der Waals surface area contributed by atoms with Gasteiger partial charge in [-0.1, -0.05) is 31.9 Å². The normalized spacial score (nSPS) is 11.0. The van der Waals surface area contributed by atoms with Crippen molar-refractivity contribution >= 4 is 5.65 Å². The number of hydrogen-bond acceptors (Lipinski definition) is 3. The molecule has 0 aliphatic rings. The maximum Gasteiger partial charge on any atom is 0.351 e. The van der Waals surface area contributed by atoms with Crippen molar-refractivity contribution in [2.24, 2.45) is 0 Å². The molecule has 3 aromatic rings. The average Bonchev–Trinajstić information content (AvgIpc) is 2.86. The first-order chi connectivity index (χ1) is 11.0. The van der Waals surface area contributed by atoms with Gasteiger partial charge in [0.2, 0.25) is 5.65 Å². The molecule has 0 bridgehead atoms. The molecule has 0 radical (unpaired) electrons. The van der Waals surface area contributed by atoms with Crippen LogP contribution < -0.4 is 11.2 Å². The number of hydrogen-bond donors (Lipinski definition) is 0. The Balaban J connectivity index is 2.16. The highest BCUT2D eigenvalue weighted by Crippen LogP contribution is 2.16. The topological polar surface area (TPSA) is 61.3 Å². The first-order valence-corrected chi connectivity index (χ1v) is 7.27. The predicted molar refractivity (Wildman–Crippen MR) is 88.0 cm³/mol. The van der Waals surface area contributed by atoms with E-state index >= 15 is 0 Å². The number of rotatable bonds is 3. The highest BCUT2D eigenvalue weighted by Gasteiger charge is 2.12. The lowest BCUT2D eigenvalue weighted by molar-refractivity contribution is 0.684. The SMILES string of the molecule is C#CCn1nc2c(=O)n(-c3ccc(C(C)C)cc3)ccn2c1=O. The summed E-state index contributed by atoms with van der Waals surface area (Å²) in [5, 5.41) is 4.02. The van der Waals surface area contributed by atoms with Crippen molar-refractivity contribution in [3.63, 3.8) is 0 Å². The quantitative estimate of drug-likeness (QED) is 0.687. The lowest BCUT2D eigenvalue weighted by Crippen LogP contribution is -2.24. The Morgan fingerprint density at radius 1 is 1.17 bits per heavy atom. The number of nitrogens with zero attached hydrogens (tertiary/aromatic N) is 4. The molecule has 0 aliphatic carbocycles. The van der Waals surface area contributed by atoms with E-state index in [2.05, 4.69) is 24.9 Å². The molecule has 2 aromatic heterocycles. The van der Waals surface area contributed by atoms with E-state index in [0.717, 1.165) is 10.4 Å². The first kappa shape index (κ1) is 14.9.